The van der Waals surface area contributed by atoms with E-state index in [1.54, 1.807) is 30.0 Å². The molecule has 0 saturated carbocycles. The van der Waals surface area contributed by atoms with Crippen molar-refractivity contribution in [3.63, 3.8) is 0 Å². The SMILES string of the molecule is CC(=O)Nc1cccc(C2SCC(=O)N2c2ccc(C)c(F)c2)c1. The summed E-state index contributed by atoms with van der Waals surface area (Å²) in [6, 6.07) is 12.2. The van der Waals surface area contributed by atoms with E-state index in [9.17, 15) is 14.0 Å². The number of benzene rings is 2. The van der Waals surface area contributed by atoms with Crippen LogP contribution in [0.5, 0.6) is 0 Å². The van der Waals surface area contributed by atoms with Crippen LogP contribution in [0.1, 0.15) is 23.4 Å². The van der Waals surface area contributed by atoms with E-state index in [-0.39, 0.29) is 23.0 Å². The lowest BCUT2D eigenvalue weighted by molar-refractivity contribution is -0.116. The van der Waals surface area contributed by atoms with E-state index in [0.717, 1.165) is 5.56 Å². The minimum atomic E-state index is -0.331. The van der Waals surface area contributed by atoms with Crippen molar-refractivity contribution in [3.8, 4) is 0 Å². The molecule has 0 radical (unpaired) electrons. The maximum Gasteiger partial charge on any atom is 0.238 e. The normalized spacial score (nSPS) is 17.2. The molecule has 1 aliphatic rings. The molecule has 1 heterocycles. The number of hydrogen-bond acceptors (Lipinski definition) is 3. The van der Waals surface area contributed by atoms with Crippen molar-refractivity contribution < 1.29 is 14.0 Å². The van der Waals surface area contributed by atoms with Crippen LogP contribution >= 0.6 is 11.8 Å². The largest absolute Gasteiger partial charge is 0.326 e. The van der Waals surface area contributed by atoms with Crippen molar-refractivity contribution in [1.29, 1.82) is 0 Å². The molecular formula is C18H17FN2O2S. The van der Waals surface area contributed by atoms with E-state index in [4.69, 9.17) is 0 Å². The number of amides is 2. The van der Waals surface area contributed by atoms with Crippen LogP contribution in [0.3, 0.4) is 0 Å². The third kappa shape index (κ3) is 3.28. The molecule has 0 aromatic heterocycles. The summed E-state index contributed by atoms with van der Waals surface area (Å²) in [7, 11) is 0. The zero-order valence-corrected chi connectivity index (χ0v) is 14.2. The third-order valence-electron chi connectivity index (χ3n) is 3.79. The predicted molar refractivity (Wildman–Crippen MR) is 94.6 cm³/mol. The van der Waals surface area contributed by atoms with Crippen molar-refractivity contribution in [3.05, 3.63) is 59.4 Å². The van der Waals surface area contributed by atoms with E-state index in [1.807, 2.05) is 18.2 Å². The first-order chi connectivity index (χ1) is 11.5. The maximum atomic E-state index is 13.9. The fourth-order valence-electron chi connectivity index (χ4n) is 2.65. The van der Waals surface area contributed by atoms with Crippen molar-refractivity contribution in [2.24, 2.45) is 0 Å². The molecule has 1 saturated heterocycles. The highest BCUT2D eigenvalue weighted by Gasteiger charge is 2.34. The van der Waals surface area contributed by atoms with Crippen LogP contribution in [0.4, 0.5) is 15.8 Å². The number of carbonyl (C=O) groups is 2. The molecular weight excluding hydrogens is 327 g/mol. The molecule has 1 unspecified atom stereocenters. The molecule has 2 aromatic carbocycles. The second kappa shape index (κ2) is 6.65. The van der Waals surface area contributed by atoms with Gasteiger partial charge in [0.05, 0.1) is 5.75 Å². The van der Waals surface area contributed by atoms with Gasteiger partial charge in [0.25, 0.3) is 0 Å². The van der Waals surface area contributed by atoms with Gasteiger partial charge in [-0.2, -0.15) is 0 Å². The summed E-state index contributed by atoms with van der Waals surface area (Å²) in [4.78, 5) is 25.2. The van der Waals surface area contributed by atoms with Crippen LogP contribution in [0.15, 0.2) is 42.5 Å². The van der Waals surface area contributed by atoms with Crippen LogP contribution in [0.2, 0.25) is 0 Å². The topological polar surface area (TPSA) is 49.4 Å². The molecule has 1 N–H and O–H groups in total. The number of halogens is 1. The smallest absolute Gasteiger partial charge is 0.238 e. The van der Waals surface area contributed by atoms with Gasteiger partial charge in [-0.15, -0.1) is 11.8 Å². The average molecular weight is 344 g/mol. The standard InChI is InChI=1S/C18H17FN2O2S/c1-11-6-7-15(9-16(11)19)21-17(23)10-24-18(21)13-4-3-5-14(8-13)20-12(2)22/h3-9,18H,10H2,1-2H3,(H,20,22). The first kappa shape index (κ1) is 16.5. The first-order valence-corrected chi connectivity index (χ1v) is 8.58. The lowest BCUT2D eigenvalue weighted by Crippen LogP contribution is -2.28. The lowest BCUT2D eigenvalue weighted by atomic mass is 10.1. The number of nitrogens with one attached hydrogen (secondary N) is 1. The summed E-state index contributed by atoms with van der Waals surface area (Å²) in [6.45, 7) is 3.13. The Morgan fingerprint density at radius 1 is 1.29 bits per heavy atom. The molecule has 2 amide bonds. The van der Waals surface area contributed by atoms with E-state index in [2.05, 4.69) is 5.32 Å². The summed E-state index contributed by atoms with van der Waals surface area (Å²) in [5, 5.41) is 2.50. The molecule has 124 valence electrons. The number of carbonyl (C=O) groups excluding carboxylic acids is 2. The van der Waals surface area contributed by atoms with Crippen LogP contribution in [-0.2, 0) is 9.59 Å². The zero-order valence-electron chi connectivity index (χ0n) is 13.4. The molecule has 0 aliphatic carbocycles. The highest BCUT2D eigenvalue weighted by Crippen LogP contribution is 2.42. The minimum Gasteiger partial charge on any atom is -0.326 e. The number of nitrogens with zero attached hydrogens (tertiary/aromatic N) is 1. The van der Waals surface area contributed by atoms with Gasteiger partial charge < -0.3 is 5.32 Å². The predicted octanol–water partition coefficient (Wildman–Crippen LogP) is 3.87. The van der Waals surface area contributed by atoms with E-state index < -0.39 is 0 Å². The molecule has 4 nitrogen and oxygen atoms in total. The summed E-state index contributed by atoms with van der Waals surface area (Å²) < 4.78 is 13.9. The quantitative estimate of drug-likeness (QED) is 0.919. The van der Waals surface area contributed by atoms with Gasteiger partial charge in [0.2, 0.25) is 11.8 Å². The van der Waals surface area contributed by atoms with Gasteiger partial charge in [0.1, 0.15) is 11.2 Å². The Morgan fingerprint density at radius 2 is 2.08 bits per heavy atom. The Balaban J connectivity index is 1.96. The van der Waals surface area contributed by atoms with E-state index in [1.165, 1.54) is 24.8 Å². The third-order valence-corrected chi connectivity index (χ3v) is 5.01. The van der Waals surface area contributed by atoms with E-state index in [0.29, 0.717) is 22.7 Å². The molecule has 0 spiro atoms. The van der Waals surface area contributed by atoms with Crippen molar-refractivity contribution in [2.45, 2.75) is 19.2 Å². The summed E-state index contributed by atoms with van der Waals surface area (Å²) in [5.41, 5.74) is 2.65. The fraction of sp³-hybridized carbons (Fsp3) is 0.222. The molecule has 24 heavy (non-hydrogen) atoms. The first-order valence-electron chi connectivity index (χ1n) is 7.53. The van der Waals surface area contributed by atoms with Crippen LogP contribution in [-0.4, -0.2) is 17.6 Å². The van der Waals surface area contributed by atoms with Gasteiger partial charge in [-0.25, -0.2) is 4.39 Å². The Hall–Kier alpha value is -2.34. The number of thioether (sulfide) groups is 1. The highest BCUT2D eigenvalue weighted by molar-refractivity contribution is 8.00. The minimum absolute atomic E-state index is 0.0572. The van der Waals surface area contributed by atoms with Gasteiger partial charge in [-0.05, 0) is 42.3 Å². The molecule has 1 atom stereocenters. The number of hydrogen-bond donors (Lipinski definition) is 1. The van der Waals surface area contributed by atoms with Crippen LogP contribution in [0.25, 0.3) is 0 Å². The fourth-order valence-corrected chi connectivity index (χ4v) is 3.82. The number of aryl methyl sites for hydroxylation is 1. The second-order valence-corrected chi connectivity index (χ2v) is 6.74. The Morgan fingerprint density at radius 3 is 2.79 bits per heavy atom. The van der Waals surface area contributed by atoms with Crippen LogP contribution < -0.4 is 10.2 Å². The van der Waals surface area contributed by atoms with Gasteiger partial charge in [-0.3, -0.25) is 14.5 Å². The average Bonchev–Trinajstić information content (AvgIpc) is 2.91. The van der Waals surface area contributed by atoms with Crippen LogP contribution in [0, 0.1) is 12.7 Å². The zero-order chi connectivity index (χ0) is 17.3. The van der Waals surface area contributed by atoms with Crippen molar-refractivity contribution in [1.82, 2.24) is 0 Å². The molecule has 3 rings (SSSR count). The highest BCUT2D eigenvalue weighted by atomic mass is 32.2. The van der Waals surface area contributed by atoms with Gasteiger partial charge in [-0.1, -0.05) is 18.2 Å². The molecule has 1 fully saturated rings. The number of rotatable bonds is 3. The van der Waals surface area contributed by atoms with E-state index >= 15 is 0 Å². The summed E-state index contributed by atoms with van der Waals surface area (Å²) in [5.74, 6) is -0.203. The molecule has 6 heteroatoms. The second-order valence-electron chi connectivity index (χ2n) is 5.67. The summed E-state index contributed by atoms with van der Waals surface area (Å²) >= 11 is 1.49. The lowest BCUT2D eigenvalue weighted by Gasteiger charge is -2.25. The van der Waals surface area contributed by atoms with Crippen molar-refractivity contribution >= 4 is 35.0 Å². The summed E-state index contributed by atoms with van der Waals surface area (Å²) in [6.07, 6.45) is 0. The monoisotopic (exact) mass is 344 g/mol. The molecule has 1 aliphatic heterocycles. The van der Waals surface area contributed by atoms with Gasteiger partial charge >= 0.3 is 0 Å². The van der Waals surface area contributed by atoms with Crippen molar-refractivity contribution in [2.75, 3.05) is 16.0 Å². The Labute approximate surface area is 144 Å². The van der Waals surface area contributed by atoms with Gasteiger partial charge in [0, 0.05) is 18.3 Å². The molecule has 2 aromatic rings. The maximum absolute atomic E-state index is 13.9. The number of anilines is 2. The Kier molecular flexibility index (Phi) is 4.57. The van der Waals surface area contributed by atoms with Gasteiger partial charge in [0.15, 0.2) is 0 Å². The molecule has 0 bridgehead atoms. The Bertz CT molecular complexity index is 809.